The molecule has 1 aliphatic carbocycles. The largest absolute Gasteiger partial charge is 0.354 e. The maximum atomic E-state index is 12.1. The minimum atomic E-state index is -0.275. The molecule has 2 atom stereocenters. The van der Waals surface area contributed by atoms with Crippen molar-refractivity contribution in [1.29, 1.82) is 0 Å². The number of amides is 3. The van der Waals surface area contributed by atoms with Gasteiger partial charge >= 0.3 is 0 Å². The molecule has 1 saturated carbocycles. The van der Waals surface area contributed by atoms with Crippen molar-refractivity contribution < 1.29 is 14.4 Å². The first-order valence-corrected chi connectivity index (χ1v) is 7.35. The fraction of sp³-hybridized carbons (Fsp3) is 0.438. The summed E-state index contributed by atoms with van der Waals surface area (Å²) in [6, 6.07) is 7.00. The van der Waals surface area contributed by atoms with Gasteiger partial charge in [-0.1, -0.05) is 6.07 Å². The second kappa shape index (κ2) is 6.60. The number of benzene rings is 1. The van der Waals surface area contributed by atoms with Crippen LogP contribution in [0, 0.1) is 11.8 Å². The van der Waals surface area contributed by atoms with Crippen molar-refractivity contribution in [1.82, 2.24) is 5.32 Å². The Labute approximate surface area is 129 Å². The number of hydrogen-bond donors (Lipinski definition) is 3. The second-order valence-corrected chi connectivity index (χ2v) is 5.86. The van der Waals surface area contributed by atoms with E-state index in [1.165, 1.54) is 6.92 Å². The van der Waals surface area contributed by atoms with Crippen LogP contribution in [0.2, 0.25) is 0 Å². The third-order valence-corrected chi connectivity index (χ3v) is 3.35. The second-order valence-electron chi connectivity index (χ2n) is 5.86. The molecule has 22 heavy (non-hydrogen) atoms. The quantitative estimate of drug-likeness (QED) is 0.774. The molecule has 0 spiro atoms. The first-order valence-electron chi connectivity index (χ1n) is 7.35. The van der Waals surface area contributed by atoms with Crippen LogP contribution in [0.25, 0.3) is 0 Å². The standard InChI is InChI=1S/C16H21N3O3/c1-9(2)17-15(21)13-8-14(13)16(22)19-12-6-4-5-11(7-12)18-10(3)20/h4-7,9,13-14H,8H2,1-3H3,(H,17,21)(H,18,20)(H,19,22). The third-order valence-electron chi connectivity index (χ3n) is 3.35. The molecule has 0 aliphatic heterocycles. The molecule has 0 heterocycles. The van der Waals surface area contributed by atoms with Gasteiger partial charge in [-0.25, -0.2) is 0 Å². The molecular formula is C16H21N3O3. The van der Waals surface area contributed by atoms with Gasteiger partial charge in [-0.3, -0.25) is 14.4 Å². The molecule has 6 nitrogen and oxygen atoms in total. The lowest BCUT2D eigenvalue weighted by atomic mass is 10.2. The number of carbonyl (C=O) groups excluding carboxylic acids is 3. The van der Waals surface area contributed by atoms with Crippen molar-refractivity contribution in [3.05, 3.63) is 24.3 Å². The van der Waals surface area contributed by atoms with E-state index in [0.29, 0.717) is 17.8 Å². The Morgan fingerprint density at radius 1 is 1.05 bits per heavy atom. The molecule has 0 saturated heterocycles. The Morgan fingerprint density at radius 3 is 2.23 bits per heavy atom. The van der Waals surface area contributed by atoms with Crippen molar-refractivity contribution in [3.8, 4) is 0 Å². The molecule has 1 aromatic rings. The monoisotopic (exact) mass is 303 g/mol. The number of hydrogen-bond acceptors (Lipinski definition) is 3. The van der Waals surface area contributed by atoms with Crippen LogP contribution in [-0.4, -0.2) is 23.8 Å². The minimum Gasteiger partial charge on any atom is -0.354 e. The summed E-state index contributed by atoms with van der Waals surface area (Å²) in [6.07, 6.45) is 0.579. The Morgan fingerprint density at radius 2 is 1.64 bits per heavy atom. The number of anilines is 2. The van der Waals surface area contributed by atoms with Crippen LogP contribution >= 0.6 is 0 Å². The molecule has 1 aromatic carbocycles. The summed E-state index contributed by atoms with van der Waals surface area (Å²) in [6.45, 7) is 5.21. The van der Waals surface area contributed by atoms with Gasteiger partial charge in [-0.2, -0.15) is 0 Å². The highest BCUT2D eigenvalue weighted by Gasteiger charge is 2.48. The summed E-state index contributed by atoms with van der Waals surface area (Å²) in [5.74, 6) is -0.911. The maximum Gasteiger partial charge on any atom is 0.228 e. The van der Waals surface area contributed by atoms with Crippen LogP contribution in [0.5, 0.6) is 0 Å². The fourth-order valence-corrected chi connectivity index (χ4v) is 2.28. The van der Waals surface area contributed by atoms with Crippen LogP contribution in [0.3, 0.4) is 0 Å². The Kier molecular flexibility index (Phi) is 4.80. The maximum absolute atomic E-state index is 12.1. The summed E-state index contributed by atoms with van der Waals surface area (Å²) < 4.78 is 0. The van der Waals surface area contributed by atoms with Gasteiger partial charge in [0.2, 0.25) is 17.7 Å². The molecule has 3 amide bonds. The minimum absolute atomic E-state index is 0.0675. The van der Waals surface area contributed by atoms with Crippen LogP contribution in [0.15, 0.2) is 24.3 Å². The van der Waals surface area contributed by atoms with Crippen LogP contribution in [0.1, 0.15) is 27.2 Å². The Bertz CT molecular complexity index is 598. The van der Waals surface area contributed by atoms with Crippen LogP contribution in [-0.2, 0) is 14.4 Å². The van der Waals surface area contributed by atoms with Gasteiger partial charge < -0.3 is 16.0 Å². The zero-order valence-electron chi connectivity index (χ0n) is 13.0. The summed E-state index contributed by atoms with van der Waals surface area (Å²) >= 11 is 0. The van der Waals surface area contributed by atoms with Gasteiger partial charge in [0.15, 0.2) is 0 Å². The smallest absolute Gasteiger partial charge is 0.228 e. The van der Waals surface area contributed by atoms with Gasteiger partial charge in [-0.05, 0) is 38.5 Å². The summed E-state index contributed by atoms with van der Waals surface area (Å²) in [5, 5.41) is 8.26. The number of carbonyl (C=O) groups is 3. The van der Waals surface area contributed by atoms with E-state index in [4.69, 9.17) is 0 Å². The van der Waals surface area contributed by atoms with E-state index in [9.17, 15) is 14.4 Å². The average Bonchev–Trinajstić information content (AvgIpc) is 3.17. The molecule has 1 aliphatic rings. The molecule has 6 heteroatoms. The third kappa shape index (κ3) is 4.31. The van der Waals surface area contributed by atoms with Crippen molar-refractivity contribution in [2.24, 2.45) is 11.8 Å². The zero-order valence-corrected chi connectivity index (χ0v) is 13.0. The lowest BCUT2D eigenvalue weighted by Gasteiger charge is -2.09. The molecule has 1 fully saturated rings. The molecular weight excluding hydrogens is 282 g/mol. The lowest BCUT2D eigenvalue weighted by Crippen LogP contribution is -2.32. The normalized spacial score (nSPS) is 19.5. The Hall–Kier alpha value is -2.37. The van der Waals surface area contributed by atoms with Crippen LogP contribution < -0.4 is 16.0 Å². The highest BCUT2D eigenvalue weighted by Crippen LogP contribution is 2.39. The van der Waals surface area contributed by atoms with E-state index in [2.05, 4.69) is 16.0 Å². The van der Waals surface area contributed by atoms with Crippen LogP contribution in [0.4, 0.5) is 11.4 Å². The van der Waals surface area contributed by atoms with Crippen molar-refractivity contribution in [2.75, 3.05) is 10.6 Å². The van der Waals surface area contributed by atoms with E-state index in [0.717, 1.165) is 0 Å². The molecule has 0 aromatic heterocycles. The molecule has 2 unspecified atom stereocenters. The molecule has 3 N–H and O–H groups in total. The Balaban J connectivity index is 1.91. The average molecular weight is 303 g/mol. The van der Waals surface area contributed by atoms with Gasteiger partial charge in [-0.15, -0.1) is 0 Å². The van der Waals surface area contributed by atoms with Gasteiger partial charge in [0.05, 0.1) is 11.8 Å². The van der Waals surface area contributed by atoms with Crippen molar-refractivity contribution in [3.63, 3.8) is 0 Å². The highest BCUT2D eigenvalue weighted by atomic mass is 16.2. The molecule has 2 rings (SSSR count). The van der Waals surface area contributed by atoms with E-state index in [1.807, 2.05) is 13.8 Å². The predicted octanol–water partition coefficient (Wildman–Crippen LogP) is 1.74. The molecule has 0 bridgehead atoms. The van der Waals surface area contributed by atoms with E-state index >= 15 is 0 Å². The summed E-state index contributed by atoms with van der Waals surface area (Å²) in [5.41, 5.74) is 1.22. The topological polar surface area (TPSA) is 87.3 Å². The van der Waals surface area contributed by atoms with Gasteiger partial charge in [0.1, 0.15) is 0 Å². The SMILES string of the molecule is CC(=O)Nc1cccc(NC(=O)C2CC2C(=O)NC(C)C)c1. The fourth-order valence-electron chi connectivity index (χ4n) is 2.28. The number of rotatable bonds is 5. The first-order chi connectivity index (χ1) is 10.4. The van der Waals surface area contributed by atoms with E-state index < -0.39 is 0 Å². The lowest BCUT2D eigenvalue weighted by molar-refractivity contribution is -0.125. The predicted molar refractivity (Wildman–Crippen MR) is 84.3 cm³/mol. The molecule has 118 valence electrons. The van der Waals surface area contributed by atoms with Gasteiger partial charge in [0.25, 0.3) is 0 Å². The van der Waals surface area contributed by atoms with E-state index in [-0.39, 0.29) is 35.6 Å². The highest BCUT2D eigenvalue weighted by molar-refractivity contribution is 6.00. The summed E-state index contributed by atoms with van der Waals surface area (Å²) in [4.78, 5) is 35.0. The van der Waals surface area contributed by atoms with Crippen molar-refractivity contribution >= 4 is 29.1 Å². The van der Waals surface area contributed by atoms with Gasteiger partial charge in [0, 0.05) is 24.3 Å². The number of nitrogens with one attached hydrogen (secondary N) is 3. The molecule has 0 radical (unpaired) electrons. The van der Waals surface area contributed by atoms with E-state index in [1.54, 1.807) is 24.3 Å². The van der Waals surface area contributed by atoms with Crippen molar-refractivity contribution in [2.45, 2.75) is 33.2 Å². The zero-order chi connectivity index (χ0) is 16.3. The summed E-state index contributed by atoms with van der Waals surface area (Å²) in [7, 11) is 0. The first kappa shape index (κ1) is 16.0.